The van der Waals surface area contributed by atoms with Gasteiger partial charge in [0.15, 0.2) is 11.6 Å². The lowest BCUT2D eigenvalue weighted by Gasteiger charge is -2.08. The van der Waals surface area contributed by atoms with E-state index in [0.29, 0.717) is 0 Å². The molecular weight excluding hydrogens is 416 g/mol. The minimum Gasteiger partial charge on any atom is -0.490 e. The highest BCUT2D eigenvalue weighted by Crippen LogP contribution is 2.29. The second-order valence-corrected chi connectivity index (χ2v) is 10.4. The molecule has 0 bridgehead atoms. The van der Waals surface area contributed by atoms with Crippen molar-refractivity contribution in [2.45, 2.75) is 122 Å². The van der Waals surface area contributed by atoms with Crippen LogP contribution in [0.25, 0.3) is 11.4 Å². The van der Waals surface area contributed by atoms with Gasteiger partial charge < -0.3 is 4.74 Å². The molecule has 0 N–H and O–H groups in total. The Balaban J connectivity index is 1.23. The van der Waals surface area contributed by atoms with Crippen LogP contribution in [0.5, 0.6) is 5.75 Å². The fraction of sp³-hybridized carbons (Fsp3) is 0.677. The third-order valence-electron chi connectivity index (χ3n) is 7.41. The quantitative estimate of drug-likeness (QED) is 0.206. The third-order valence-corrected chi connectivity index (χ3v) is 7.41. The van der Waals surface area contributed by atoms with Crippen LogP contribution in [0.1, 0.15) is 122 Å². The zero-order valence-electron chi connectivity index (χ0n) is 21.8. The van der Waals surface area contributed by atoms with Crippen LogP contribution < -0.4 is 4.74 Å². The summed E-state index contributed by atoms with van der Waals surface area (Å²) in [4.78, 5) is 9.06. The van der Waals surface area contributed by atoms with Crippen LogP contribution >= 0.6 is 0 Å². The van der Waals surface area contributed by atoms with Gasteiger partial charge in [-0.2, -0.15) is 0 Å². The Hall–Kier alpha value is -1.90. The number of hydrogen-bond donors (Lipinski definition) is 0. The van der Waals surface area contributed by atoms with Crippen LogP contribution in [0, 0.1) is 5.92 Å². The van der Waals surface area contributed by atoms with Crippen molar-refractivity contribution < 1.29 is 4.74 Å². The molecule has 0 radical (unpaired) electrons. The number of aromatic nitrogens is 2. The predicted octanol–water partition coefficient (Wildman–Crippen LogP) is 9.35. The molecule has 1 aromatic carbocycles. The molecule has 0 spiro atoms. The molecule has 3 nitrogen and oxygen atoms in total. The maximum absolute atomic E-state index is 5.87. The van der Waals surface area contributed by atoms with Gasteiger partial charge >= 0.3 is 0 Å². The summed E-state index contributed by atoms with van der Waals surface area (Å²) in [5.74, 6) is 2.60. The minimum absolute atomic E-state index is 0.762. The predicted molar refractivity (Wildman–Crippen MR) is 144 cm³/mol. The first-order chi connectivity index (χ1) is 16.8. The van der Waals surface area contributed by atoms with Gasteiger partial charge in [0, 0.05) is 5.56 Å². The molecule has 1 saturated carbocycles. The van der Waals surface area contributed by atoms with Gasteiger partial charge in [-0.15, -0.1) is 0 Å². The van der Waals surface area contributed by atoms with E-state index in [1.165, 1.54) is 115 Å². The largest absolute Gasteiger partial charge is 0.490 e. The van der Waals surface area contributed by atoms with Crippen molar-refractivity contribution in [1.82, 2.24) is 9.97 Å². The van der Waals surface area contributed by atoms with E-state index in [4.69, 9.17) is 4.74 Å². The maximum atomic E-state index is 5.87. The van der Waals surface area contributed by atoms with Gasteiger partial charge in [0.25, 0.3) is 0 Å². The summed E-state index contributed by atoms with van der Waals surface area (Å²) < 4.78 is 5.87. The number of ether oxygens (including phenoxy) is 1. The first kappa shape index (κ1) is 26.7. The molecule has 1 aromatic heterocycles. The lowest BCUT2D eigenvalue weighted by atomic mass is 9.99. The smallest absolute Gasteiger partial charge is 0.159 e. The molecule has 3 heteroatoms. The lowest BCUT2D eigenvalue weighted by Crippen LogP contribution is -1.99. The molecule has 1 fully saturated rings. The van der Waals surface area contributed by atoms with Crippen molar-refractivity contribution in [2.75, 3.05) is 6.61 Å². The standard InChI is InChI=1S/C31H48N2O/c1-2-3-4-5-8-12-17-28-20-22-29(23-21-28)31-32-25-30(26-33-31)34-24-15-10-7-6-9-11-16-27-18-13-14-19-27/h20-23,25-27H,2-19,24H2,1H3. The normalized spacial score (nSPS) is 14.0. The van der Waals surface area contributed by atoms with Crippen molar-refractivity contribution >= 4 is 0 Å². The first-order valence-corrected chi connectivity index (χ1v) is 14.4. The summed E-state index contributed by atoms with van der Waals surface area (Å²) in [5.41, 5.74) is 2.49. The summed E-state index contributed by atoms with van der Waals surface area (Å²) in [6.07, 6.45) is 28.2. The summed E-state index contributed by atoms with van der Waals surface area (Å²) in [5, 5.41) is 0. The highest BCUT2D eigenvalue weighted by molar-refractivity contribution is 5.55. The number of hydrogen-bond acceptors (Lipinski definition) is 3. The SMILES string of the molecule is CCCCCCCCc1ccc(-c2ncc(OCCCCCCCCC3CCCC3)cn2)cc1. The number of rotatable bonds is 18. The highest BCUT2D eigenvalue weighted by atomic mass is 16.5. The van der Waals surface area contributed by atoms with Gasteiger partial charge in [0.05, 0.1) is 19.0 Å². The number of benzene rings is 1. The maximum Gasteiger partial charge on any atom is 0.159 e. The van der Waals surface area contributed by atoms with Crippen molar-refractivity contribution in [3.8, 4) is 17.1 Å². The summed E-state index contributed by atoms with van der Waals surface area (Å²) in [6, 6.07) is 8.75. The topological polar surface area (TPSA) is 35.0 Å². The van der Waals surface area contributed by atoms with E-state index in [2.05, 4.69) is 41.2 Å². The van der Waals surface area contributed by atoms with Crippen molar-refractivity contribution in [3.05, 3.63) is 42.2 Å². The molecule has 1 heterocycles. The molecule has 188 valence electrons. The van der Waals surface area contributed by atoms with Gasteiger partial charge in [-0.3, -0.25) is 0 Å². The van der Waals surface area contributed by atoms with Crippen molar-refractivity contribution in [3.63, 3.8) is 0 Å². The molecule has 2 aromatic rings. The van der Waals surface area contributed by atoms with E-state index in [9.17, 15) is 0 Å². The minimum atomic E-state index is 0.762. The monoisotopic (exact) mass is 464 g/mol. The molecule has 0 saturated heterocycles. The molecule has 1 aliphatic rings. The Bertz CT molecular complexity index is 750. The Morgan fingerprint density at radius 2 is 1.35 bits per heavy atom. The molecule has 1 aliphatic carbocycles. The molecule has 0 atom stereocenters. The Kier molecular flexibility index (Phi) is 13.1. The Morgan fingerprint density at radius 3 is 2.06 bits per heavy atom. The van der Waals surface area contributed by atoms with E-state index in [1.807, 2.05) is 12.4 Å². The van der Waals surface area contributed by atoms with Crippen LogP contribution in [-0.2, 0) is 6.42 Å². The molecule has 3 rings (SSSR count). The summed E-state index contributed by atoms with van der Waals surface area (Å²) in [7, 11) is 0. The molecular formula is C31H48N2O. The van der Waals surface area contributed by atoms with Crippen molar-refractivity contribution in [2.24, 2.45) is 5.92 Å². The van der Waals surface area contributed by atoms with Crippen LogP contribution in [0.2, 0.25) is 0 Å². The number of nitrogens with zero attached hydrogens (tertiary/aromatic N) is 2. The van der Waals surface area contributed by atoms with E-state index in [1.54, 1.807) is 0 Å². The van der Waals surface area contributed by atoms with Gasteiger partial charge in [0.2, 0.25) is 0 Å². The number of aryl methyl sites for hydroxylation is 1. The fourth-order valence-electron chi connectivity index (χ4n) is 5.20. The van der Waals surface area contributed by atoms with Crippen LogP contribution in [0.3, 0.4) is 0 Å². The third kappa shape index (κ3) is 10.6. The molecule has 34 heavy (non-hydrogen) atoms. The van der Waals surface area contributed by atoms with Crippen molar-refractivity contribution in [1.29, 1.82) is 0 Å². The van der Waals surface area contributed by atoms with Crippen LogP contribution in [0.4, 0.5) is 0 Å². The first-order valence-electron chi connectivity index (χ1n) is 14.4. The zero-order chi connectivity index (χ0) is 23.7. The van der Waals surface area contributed by atoms with E-state index < -0.39 is 0 Å². The molecule has 0 aliphatic heterocycles. The van der Waals surface area contributed by atoms with Crippen LogP contribution in [0.15, 0.2) is 36.7 Å². The van der Waals surface area contributed by atoms with Gasteiger partial charge in [0.1, 0.15) is 0 Å². The second-order valence-electron chi connectivity index (χ2n) is 10.4. The highest BCUT2D eigenvalue weighted by Gasteiger charge is 2.13. The zero-order valence-corrected chi connectivity index (χ0v) is 21.8. The molecule has 0 unspecified atom stereocenters. The Morgan fingerprint density at radius 1 is 0.735 bits per heavy atom. The average molecular weight is 465 g/mol. The van der Waals surface area contributed by atoms with Gasteiger partial charge in [-0.1, -0.05) is 128 Å². The lowest BCUT2D eigenvalue weighted by molar-refractivity contribution is 0.302. The van der Waals surface area contributed by atoms with Crippen LogP contribution in [-0.4, -0.2) is 16.6 Å². The van der Waals surface area contributed by atoms with E-state index >= 15 is 0 Å². The van der Waals surface area contributed by atoms with Gasteiger partial charge in [-0.05, 0) is 30.7 Å². The Labute approximate surface area is 209 Å². The molecule has 0 amide bonds. The fourth-order valence-corrected chi connectivity index (χ4v) is 5.20. The average Bonchev–Trinajstić information content (AvgIpc) is 3.39. The number of unbranched alkanes of at least 4 members (excludes halogenated alkanes) is 10. The summed E-state index contributed by atoms with van der Waals surface area (Å²) in [6.45, 7) is 3.03. The van der Waals surface area contributed by atoms with Gasteiger partial charge in [-0.25, -0.2) is 9.97 Å². The summed E-state index contributed by atoms with van der Waals surface area (Å²) >= 11 is 0. The second kappa shape index (κ2) is 16.7. The van der Waals surface area contributed by atoms with E-state index in [0.717, 1.165) is 36.1 Å². The van der Waals surface area contributed by atoms with E-state index in [-0.39, 0.29) is 0 Å².